The minimum absolute atomic E-state index is 0.0460. The van der Waals surface area contributed by atoms with Crippen LogP contribution in [0.5, 0.6) is 0 Å². The fourth-order valence-electron chi connectivity index (χ4n) is 7.38. The third-order valence-corrected chi connectivity index (χ3v) is 9.45. The molecule has 4 aliphatic rings. The van der Waals surface area contributed by atoms with Gasteiger partial charge < -0.3 is 25.3 Å². The number of hydrogen-bond donors (Lipinski definition) is 3. The number of aliphatic hydroxyl groups excluding tert-OH is 1. The first-order chi connectivity index (χ1) is 19.3. The number of carbonyl (C=O) groups excluding carboxylic acids is 2. The molecule has 40 heavy (non-hydrogen) atoms. The third kappa shape index (κ3) is 6.50. The van der Waals surface area contributed by atoms with Gasteiger partial charge >= 0.3 is 0 Å². The Kier molecular flexibility index (Phi) is 10.2. The predicted octanol–water partition coefficient (Wildman–Crippen LogP) is 5.46. The first-order valence-corrected chi connectivity index (χ1v) is 14.8. The Labute approximate surface area is 239 Å². The van der Waals surface area contributed by atoms with Gasteiger partial charge in [-0.15, -0.1) is 0 Å². The van der Waals surface area contributed by atoms with E-state index in [2.05, 4.69) is 59.2 Å². The van der Waals surface area contributed by atoms with E-state index in [0.29, 0.717) is 36.5 Å². The second-order valence-electron chi connectivity index (χ2n) is 11.7. The second kappa shape index (κ2) is 13.6. The van der Waals surface area contributed by atoms with Crippen molar-refractivity contribution in [3.8, 4) is 0 Å². The molecule has 0 aliphatic heterocycles. The van der Waals surface area contributed by atoms with Crippen molar-refractivity contribution in [2.45, 2.75) is 70.8 Å². The zero-order valence-corrected chi connectivity index (χ0v) is 24.4. The van der Waals surface area contributed by atoms with Gasteiger partial charge in [0.1, 0.15) is 6.29 Å². The van der Waals surface area contributed by atoms with Crippen LogP contribution in [0.1, 0.15) is 75.8 Å². The Balaban J connectivity index is 0.000000867. The molecule has 3 N–H and O–H groups in total. The van der Waals surface area contributed by atoms with Crippen molar-refractivity contribution < 1.29 is 19.4 Å². The van der Waals surface area contributed by atoms with Crippen molar-refractivity contribution in [2.24, 2.45) is 17.3 Å². The standard InChI is InChI=1S/C31H38N2O3.C3H8O/c1-20(33-16-17-34)32-15-3-4-21-5-7-22(8-6-21)27-19-31(2)28(13-14-29(31)36)26-11-9-23-18-24(35)10-12-25(23)30(26)27;1-3-4-2/h3-8,17-18,26-29,32-33,36H,1,9-16,19H2,2H3;3H2,1-2H3/b4-3+;. The zero-order valence-electron chi connectivity index (χ0n) is 24.4. The summed E-state index contributed by atoms with van der Waals surface area (Å²) in [5.41, 5.74) is 6.72. The van der Waals surface area contributed by atoms with E-state index in [1.54, 1.807) is 12.7 Å². The average Bonchev–Trinajstić information content (AvgIpc) is 3.27. The maximum absolute atomic E-state index is 12.2. The lowest BCUT2D eigenvalue weighted by molar-refractivity contribution is -0.114. The molecule has 0 radical (unpaired) electrons. The van der Waals surface area contributed by atoms with Crippen LogP contribution in [0.3, 0.4) is 0 Å². The maximum Gasteiger partial charge on any atom is 0.156 e. The van der Waals surface area contributed by atoms with Crippen molar-refractivity contribution in [2.75, 3.05) is 26.8 Å². The summed E-state index contributed by atoms with van der Waals surface area (Å²) < 4.78 is 4.54. The molecule has 0 heterocycles. The number of ether oxygens (including phenoxy) is 1. The molecule has 6 heteroatoms. The number of aliphatic hydroxyl groups is 1. The highest BCUT2D eigenvalue weighted by molar-refractivity contribution is 5.93. The monoisotopic (exact) mass is 546 g/mol. The number of aldehydes is 1. The van der Waals surface area contributed by atoms with Gasteiger partial charge in [0.15, 0.2) is 5.78 Å². The van der Waals surface area contributed by atoms with Crippen LogP contribution in [0.4, 0.5) is 0 Å². The number of nitrogens with one attached hydrogen (secondary N) is 2. The van der Waals surface area contributed by atoms with Crippen LogP contribution in [0.15, 0.2) is 65.5 Å². The Morgan fingerprint density at radius 2 is 1.85 bits per heavy atom. The molecule has 1 aromatic carbocycles. The summed E-state index contributed by atoms with van der Waals surface area (Å²) in [5, 5.41) is 17.1. The van der Waals surface area contributed by atoms with Crippen LogP contribution in [0.2, 0.25) is 0 Å². The van der Waals surface area contributed by atoms with E-state index in [9.17, 15) is 14.7 Å². The van der Waals surface area contributed by atoms with Gasteiger partial charge in [-0.25, -0.2) is 0 Å². The summed E-state index contributed by atoms with van der Waals surface area (Å²) in [6.07, 6.45) is 13.2. The Morgan fingerprint density at radius 1 is 1.12 bits per heavy atom. The van der Waals surface area contributed by atoms with Gasteiger partial charge in [0.05, 0.1) is 18.5 Å². The number of benzene rings is 1. The highest BCUT2D eigenvalue weighted by Crippen LogP contribution is 2.63. The van der Waals surface area contributed by atoms with Crippen molar-refractivity contribution in [3.63, 3.8) is 0 Å². The molecule has 4 aliphatic carbocycles. The minimum atomic E-state index is -0.230. The summed E-state index contributed by atoms with van der Waals surface area (Å²) in [7, 11) is 1.68. The Morgan fingerprint density at radius 3 is 2.55 bits per heavy atom. The van der Waals surface area contributed by atoms with Gasteiger partial charge in [-0.3, -0.25) is 4.79 Å². The molecule has 5 unspecified atom stereocenters. The molecule has 1 aromatic rings. The van der Waals surface area contributed by atoms with E-state index in [-0.39, 0.29) is 23.8 Å². The predicted molar refractivity (Wildman–Crippen MR) is 161 cm³/mol. The summed E-state index contributed by atoms with van der Waals surface area (Å²) in [6.45, 7) is 9.81. The average molecular weight is 547 g/mol. The first-order valence-electron chi connectivity index (χ1n) is 14.8. The quantitative estimate of drug-likeness (QED) is 0.357. The number of fused-ring (bicyclic) bond motifs is 4. The van der Waals surface area contributed by atoms with Crippen molar-refractivity contribution in [3.05, 3.63) is 76.7 Å². The highest BCUT2D eigenvalue weighted by atomic mass is 16.5. The van der Waals surface area contributed by atoms with Gasteiger partial charge in [0, 0.05) is 32.6 Å². The fraction of sp³-hybridized carbons (Fsp3) is 0.529. The van der Waals surface area contributed by atoms with Gasteiger partial charge in [0.2, 0.25) is 0 Å². The van der Waals surface area contributed by atoms with Gasteiger partial charge in [-0.2, -0.15) is 0 Å². The molecule has 0 aromatic heterocycles. The summed E-state index contributed by atoms with van der Waals surface area (Å²) in [4.78, 5) is 22.6. The fourth-order valence-corrected chi connectivity index (χ4v) is 7.38. The molecule has 6 nitrogen and oxygen atoms in total. The van der Waals surface area contributed by atoms with E-state index in [1.807, 2.05) is 19.1 Å². The molecule has 2 fully saturated rings. The lowest BCUT2D eigenvalue weighted by Gasteiger charge is -2.52. The number of methoxy groups -OCH3 is 1. The van der Waals surface area contributed by atoms with E-state index >= 15 is 0 Å². The molecule has 5 rings (SSSR count). The lowest BCUT2D eigenvalue weighted by Crippen LogP contribution is -2.45. The molecular formula is C34H46N2O4. The van der Waals surface area contributed by atoms with Crippen LogP contribution >= 0.6 is 0 Å². The molecule has 5 atom stereocenters. The largest absolute Gasteiger partial charge is 0.393 e. The van der Waals surface area contributed by atoms with Crippen LogP contribution in [-0.2, 0) is 14.3 Å². The maximum atomic E-state index is 12.2. The van der Waals surface area contributed by atoms with Crippen LogP contribution in [0.25, 0.3) is 6.08 Å². The Hall–Kier alpha value is -2.96. The highest BCUT2D eigenvalue weighted by Gasteiger charge is 2.56. The minimum Gasteiger partial charge on any atom is -0.393 e. The number of rotatable bonds is 9. The van der Waals surface area contributed by atoms with Gasteiger partial charge in [-0.05, 0) is 91.0 Å². The first kappa shape index (κ1) is 30.0. The summed E-state index contributed by atoms with van der Waals surface area (Å²) in [6, 6.07) is 8.86. The molecular weight excluding hydrogens is 500 g/mol. The molecule has 0 saturated heterocycles. The number of carbonyl (C=O) groups is 2. The zero-order chi connectivity index (χ0) is 28.7. The second-order valence-corrected chi connectivity index (χ2v) is 11.7. The number of hydrogen-bond acceptors (Lipinski definition) is 6. The van der Waals surface area contributed by atoms with Gasteiger partial charge in [0.25, 0.3) is 0 Å². The number of ketones is 1. The SMILES string of the molecule is C=C(NCC=O)NC/C=C/c1ccc(C2CC3(C)C(O)CCC3C3CCC4=CC(=O)CCC4=C23)cc1.CCOC. The molecule has 0 amide bonds. The third-order valence-electron chi connectivity index (χ3n) is 9.45. The van der Waals surface area contributed by atoms with Gasteiger partial charge in [-0.1, -0.05) is 55.5 Å². The summed E-state index contributed by atoms with van der Waals surface area (Å²) in [5.74, 6) is 2.25. The lowest BCUT2D eigenvalue weighted by atomic mass is 9.53. The van der Waals surface area contributed by atoms with E-state index in [1.165, 1.54) is 16.7 Å². The smallest absolute Gasteiger partial charge is 0.156 e. The van der Waals surface area contributed by atoms with E-state index in [0.717, 1.165) is 57.0 Å². The topological polar surface area (TPSA) is 87.7 Å². The van der Waals surface area contributed by atoms with E-state index < -0.39 is 0 Å². The summed E-state index contributed by atoms with van der Waals surface area (Å²) >= 11 is 0. The van der Waals surface area contributed by atoms with Crippen LogP contribution < -0.4 is 10.6 Å². The molecule has 216 valence electrons. The molecule has 0 spiro atoms. The molecule has 2 saturated carbocycles. The van der Waals surface area contributed by atoms with Crippen molar-refractivity contribution >= 4 is 18.1 Å². The molecule has 0 bridgehead atoms. The van der Waals surface area contributed by atoms with E-state index in [4.69, 9.17) is 0 Å². The Bertz CT molecular complexity index is 1160. The normalized spacial score (nSPS) is 29.0. The van der Waals surface area contributed by atoms with Crippen molar-refractivity contribution in [1.29, 1.82) is 0 Å². The number of allylic oxidation sites excluding steroid dienone is 4. The van der Waals surface area contributed by atoms with Crippen LogP contribution in [-0.4, -0.2) is 50.1 Å². The van der Waals surface area contributed by atoms with Crippen LogP contribution in [0, 0.1) is 17.3 Å². The van der Waals surface area contributed by atoms with Crippen molar-refractivity contribution in [1.82, 2.24) is 10.6 Å².